The summed E-state index contributed by atoms with van der Waals surface area (Å²) < 4.78 is 5.30. The third-order valence-electron chi connectivity index (χ3n) is 4.35. The molecule has 1 amide bonds. The van der Waals surface area contributed by atoms with Gasteiger partial charge in [0.2, 0.25) is 0 Å². The fourth-order valence-corrected chi connectivity index (χ4v) is 2.60. The Labute approximate surface area is 131 Å². The Balaban J connectivity index is 2.31. The second-order valence-electron chi connectivity index (χ2n) is 7.64. The number of hydrogen-bond acceptors (Lipinski definition) is 4. The summed E-state index contributed by atoms with van der Waals surface area (Å²) >= 11 is 0. The van der Waals surface area contributed by atoms with Crippen molar-refractivity contribution in [1.29, 1.82) is 0 Å². The van der Waals surface area contributed by atoms with Crippen molar-refractivity contribution in [2.75, 3.05) is 5.32 Å². The molecule has 22 heavy (non-hydrogen) atoms. The minimum atomic E-state index is -0.567. The van der Waals surface area contributed by atoms with Gasteiger partial charge in [-0.15, -0.1) is 0 Å². The summed E-state index contributed by atoms with van der Waals surface area (Å²) in [7, 11) is 0. The van der Waals surface area contributed by atoms with E-state index in [4.69, 9.17) is 10.5 Å². The van der Waals surface area contributed by atoms with Crippen LogP contribution < -0.4 is 11.1 Å². The van der Waals surface area contributed by atoms with E-state index in [-0.39, 0.29) is 16.7 Å². The monoisotopic (exact) mass is 306 g/mol. The van der Waals surface area contributed by atoms with Gasteiger partial charge in [0.25, 0.3) is 0 Å². The molecule has 0 radical (unpaired) electrons. The Morgan fingerprint density at radius 1 is 1.27 bits per heavy atom. The van der Waals surface area contributed by atoms with Crippen LogP contribution in [0.15, 0.2) is 18.2 Å². The van der Waals surface area contributed by atoms with Crippen molar-refractivity contribution in [1.82, 2.24) is 0 Å². The van der Waals surface area contributed by atoms with Crippen molar-refractivity contribution in [3.63, 3.8) is 0 Å². The number of carbonyl (C=O) groups excluding carboxylic acids is 1. The lowest BCUT2D eigenvalue weighted by atomic mass is 9.75. The van der Waals surface area contributed by atoms with Gasteiger partial charge in [0, 0.05) is 16.6 Å². The Hall–Kier alpha value is -1.75. The zero-order chi connectivity index (χ0) is 16.8. The molecule has 1 aromatic rings. The summed E-state index contributed by atoms with van der Waals surface area (Å²) in [4.78, 5) is 12.0. The van der Waals surface area contributed by atoms with Gasteiger partial charge in [-0.2, -0.15) is 0 Å². The molecule has 0 aliphatic heterocycles. The van der Waals surface area contributed by atoms with Gasteiger partial charge in [0.1, 0.15) is 11.4 Å². The lowest BCUT2D eigenvalue weighted by molar-refractivity contribution is 0.0635. The largest absolute Gasteiger partial charge is 0.508 e. The minimum absolute atomic E-state index is 0.155. The smallest absolute Gasteiger partial charge is 0.412 e. The summed E-state index contributed by atoms with van der Waals surface area (Å²) in [5.41, 5.74) is 6.59. The van der Waals surface area contributed by atoms with Crippen LogP contribution in [0.1, 0.15) is 53.0 Å². The van der Waals surface area contributed by atoms with Gasteiger partial charge in [-0.1, -0.05) is 13.8 Å². The molecule has 0 heterocycles. The second kappa shape index (κ2) is 5.16. The molecule has 0 aromatic heterocycles. The lowest BCUT2D eigenvalue weighted by Gasteiger charge is -2.34. The Kier molecular flexibility index (Phi) is 3.90. The van der Waals surface area contributed by atoms with E-state index in [2.05, 4.69) is 5.32 Å². The predicted octanol–water partition coefficient (Wildman–Crippen LogP) is 3.51. The second-order valence-corrected chi connectivity index (χ2v) is 7.64. The van der Waals surface area contributed by atoms with Gasteiger partial charge in [0.15, 0.2) is 0 Å². The fourth-order valence-electron chi connectivity index (χ4n) is 2.60. The quantitative estimate of drug-likeness (QED) is 0.746. The summed E-state index contributed by atoms with van der Waals surface area (Å²) in [5.74, 6) is 0.155. The highest BCUT2D eigenvalue weighted by molar-refractivity contribution is 5.86. The van der Waals surface area contributed by atoms with Crippen LogP contribution in [-0.2, 0) is 10.2 Å². The van der Waals surface area contributed by atoms with Crippen molar-refractivity contribution < 1.29 is 14.6 Å². The first kappa shape index (κ1) is 16.6. The predicted molar refractivity (Wildman–Crippen MR) is 87.1 cm³/mol. The SMILES string of the molecule is CC(C)(C)OC(=O)Nc1ccc(O)cc1C(C)(C)C1(N)CC1. The van der Waals surface area contributed by atoms with Crippen LogP contribution in [0.3, 0.4) is 0 Å². The van der Waals surface area contributed by atoms with Crippen LogP contribution >= 0.6 is 0 Å². The average molecular weight is 306 g/mol. The van der Waals surface area contributed by atoms with E-state index >= 15 is 0 Å². The molecule has 1 aliphatic rings. The molecular weight excluding hydrogens is 280 g/mol. The third kappa shape index (κ3) is 3.35. The van der Waals surface area contributed by atoms with Crippen molar-refractivity contribution in [2.45, 2.75) is 64.0 Å². The standard InChI is InChI=1S/C17H26N2O3/c1-15(2,3)22-14(21)19-13-7-6-11(20)10-12(13)16(4,5)17(18)8-9-17/h6-7,10,20H,8-9,18H2,1-5H3,(H,19,21). The molecule has 0 atom stereocenters. The third-order valence-corrected chi connectivity index (χ3v) is 4.35. The van der Waals surface area contributed by atoms with Gasteiger partial charge in [-0.05, 0) is 57.4 Å². The maximum atomic E-state index is 12.0. The molecule has 0 unspecified atom stereocenters. The number of carbonyl (C=O) groups is 1. The maximum Gasteiger partial charge on any atom is 0.412 e. The van der Waals surface area contributed by atoms with E-state index in [1.54, 1.807) is 18.2 Å². The zero-order valence-corrected chi connectivity index (χ0v) is 14.0. The maximum absolute atomic E-state index is 12.0. The van der Waals surface area contributed by atoms with Crippen molar-refractivity contribution in [2.24, 2.45) is 5.73 Å². The molecular formula is C17H26N2O3. The summed E-state index contributed by atoms with van der Waals surface area (Å²) in [6.45, 7) is 9.51. The van der Waals surface area contributed by atoms with Crippen LogP contribution in [0, 0.1) is 0 Å². The van der Waals surface area contributed by atoms with E-state index in [9.17, 15) is 9.90 Å². The highest BCUT2D eigenvalue weighted by atomic mass is 16.6. The first-order valence-corrected chi connectivity index (χ1v) is 7.57. The van der Waals surface area contributed by atoms with Crippen LogP contribution in [0.4, 0.5) is 10.5 Å². The number of phenols is 1. The highest BCUT2D eigenvalue weighted by Crippen LogP contribution is 2.51. The normalized spacial score (nSPS) is 17.0. The van der Waals surface area contributed by atoms with E-state index < -0.39 is 11.7 Å². The number of amides is 1. The number of rotatable bonds is 3. The van der Waals surface area contributed by atoms with E-state index in [0.29, 0.717) is 5.69 Å². The lowest BCUT2D eigenvalue weighted by Crippen LogP contribution is -2.43. The van der Waals surface area contributed by atoms with Gasteiger partial charge in [-0.3, -0.25) is 5.32 Å². The van der Waals surface area contributed by atoms with E-state index in [1.165, 1.54) is 0 Å². The first-order chi connectivity index (χ1) is 9.95. The molecule has 1 aliphatic carbocycles. The molecule has 4 N–H and O–H groups in total. The highest BCUT2D eigenvalue weighted by Gasteiger charge is 2.52. The van der Waals surface area contributed by atoms with Crippen molar-refractivity contribution in [3.05, 3.63) is 23.8 Å². The van der Waals surface area contributed by atoms with E-state index in [1.807, 2.05) is 34.6 Å². The molecule has 1 aromatic carbocycles. The van der Waals surface area contributed by atoms with Gasteiger partial charge >= 0.3 is 6.09 Å². The molecule has 0 bridgehead atoms. The number of ether oxygens (including phenoxy) is 1. The summed E-state index contributed by atoms with van der Waals surface area (Å²) in [6, 6.07) is 4.89. The Bertz CT molecular complexity index is 584. The zero-order valence-electron chi connectivity index (χ0n) is 14.0. The van der Waals surface area contributed by atoms with Crippen LogP contribution in [-0.4, -0.2) is 22.3 Å². The first-order valence-electron chi connectivity index (χ1n) is 7.57. The number of phenolic OH excluding ortho intramolecular Hbond substituents is 1. The Morgan fingerprint density at radius 2 is 1.86 bits per heavy atom. The van der Waals surface area contributed by atoms with Crippen LogP contribution in [0.5, 0.6) is 5.75 Å². The fraction of sp³-hybridized carbons (Fsp3) is 0.588. The summed E-state index contributed by atoms with van der Waals surface area (Å²) in [6.07, 6.45) is 1.35. The number of hydrogen-bond donors (Lipinski definition) is 3. The average Bonchev–Trinajstić information content (AvgIpc) is 3.09. The van der Waals surface area contributed by atoms with Crippen LogP contribution in [0.25, 0.3) is 0 Å². The molecule has 0 spiro atoms. The molecule has 1 saturated carbocycles. The van der Waals surface area contributed by atoms with Gasteiger partial charge in [-0.25, -0.2) is 4.79 Å². The molecule has 122 valence electrons. The molecule has 1 fully saturated rings. The van der Waals surface area contributed by atoms with Gasteiger partial charge in [0.05, 0.1) is 0 Å². The number of benzene rings is 1. The number of aromatic hydroxyl groups is 1. The summed E-state index contributed by atoms with van der Waals surface area (Å²) in [5, 5.41) is 12.6. The van der Waals surface area contributed by atoms with Gasteiger partial charge < -0.3 is 15.6 Å². The number of nitrogens with two attached hydrogens (primary N) is 1. The minimum Gasteiger partial charge on any atom is -0.508 e. The van der Waals surface area contributed by atoms with Crippen molar-refractivity contribution >= 4 is 11.8 Å². The molecule has 0 saturated heterocycles. The number of nitrogens with one attached hydrogen (secondary N) is 1. The van der Waals surface area contributed by atoms with Crippen molar-refractivity contribution in [3.8, 4) is 5.75 Å². The van der Waals surface area contributed by atoms with E-state index in [0.717, 1.165) is 18.4 Å². The van der Waals surface area contributed by atoms with Crippen LogP contribution in [0.2, 0.25) is 0 Å². The molecule has 5 nitrogen and oxygen atoms in total. The molecule has 2 rings (SSSR count). The topological polar surface area (TPSA) is 84.6 Å². The molecule has 5 heteroatoms. The number of anilines is 1. The Morgan fingerprint density at radius 3 is 2.36 bits per heavy atom.